The van der Waals surface area contributed by atoms with Gasteiger partial charge in [-0.3, -0.25) is 0 Å². The van der Waals surface area contributed by atoms with Gasteiger partial charge < -0.3 is 4.74 Å². The molecule has 25 heavy (non-hydrogen) atoms. The zero-order chi connectivity index (χ0) is 17.2. The van der Waals surface area contributed by atoms with E-state index < -0.39 is 0 Å². The van der Waals surface area contributed by atoms with E-state index in [1.165, 1.54) is 0 Å². The van der Waals surface area contributed by atoms with Gasteiger partial charge in [0.25, 0.3) is 0 Å². The van der Waals surface area contributed by atoms with Gasteiger partial charge in [-0.15, -0.1) is 5.10 Å². The highest BCUT2D eigenvalue weighted by molar-refractivity contribution is 9.10. The predicted molar refractivity (Wildman–Crippen MR) is 91.8 cm³/mol. The third-order valence-corrected chi connectivity index (χ3v) is 4.00. The first-order chi connectivity index (χ1) is 12.2. The van der Waals surface area contributed by atoms with E-state index in [1.807, 2.05) is 37.3 Å². The average Bonchev–Trinajstić information content (AvgIpc) is 3.25. The number of tetrazole rings is 1. The Morgan fingerprint density at radius 1 is 1.20 bits per heavy atom. The fourth-order valence-corrected chi connectivity index (χ4v) is 2.74. The van der Waals surface area contributed by atoms with Crippen molar-refractivity contribution < 1.29 is 4.74 Å². The SMILES string of the molecule is CC(Cn1cnnn1)Oc1cccc(-c2ccc3ncc(Br)n3n2)n1. The molecule has 0 amide bonds. The molecule has 0 N–H and O–H groups in total. The fourth-order valence-electron chi connectivity index (χ4n) is 2.38. The topological polar surface area (TPSA) is 95.9 Å². The van der Waals surface area contributed by atoms with Crippen molar-refractivity contribution in [3.8, 4) is 17.3 Å². The van der Waals surface area contributed by atoms with Crippen molar-refractivity contribution in [2.45, 2.75) is 19.6 Å². The molecule has 0 radical (unpaired) electrons. The van der Waals surface area contributed by atoms with Gasteiger partial charge in [-0.05, 0) is 51.5 Å². The van der Waals surface area contributed by atoms with Crippen LogP contribution in [0.3, 0.4) is 0 Å². The molecule has 4 aromatic rings. The van der Waals surface area contributed by atoms with Crippen LogP contribution < -0.4 is 4.74 Å². The van der Waals surface area contributed by atoms with Gasteiger partial charge in [-0.25, -0.2) is 19.2 Å². The molecular formula is C15H13BrN8O. The summed E-state index contributed by atoms with van der Waals surface area (Å²) in [6.45, 7) is 2.47. The number of hydrogen-bond acceptors (Lipinski definition) is 7. The van der Waals surface area contributed by atoms with Gasteiger partial charge in [0.15, 0.2) is 5.65 Å². The Hall–Kier alpha value is -2.88. The lowest BCUT2D eigenvalue weighted by Crippen LogP contribution is -2.20. The second kappa shape index (κ2) is 6.55. The number of nitrogens with zero attached hydrogens (tertiary/aromatic N) is 8. The van der Waals surface area contributed by atoms with Gasteiger partial charge in [0.2, 0.25) is 5.88 Å². The Kier molecular flexibility index (Phi) is 4.10. The Morgan fingerprint density at radius 3 is 2.96 bits per heavy atom. The smallest absolute Gasteiger partial charge is 0.214 e. The molecule has 4 aromatic heterocycles. The fraction of sp³-hybridized carbons (Fsp3) is 0.200. The number of ether oxygens (including phenoxy) is 1. The summed E-state index contributed by atoms with van der Waals surface area (Å²) in [6, 6.07) is 9.35. The first-order valence-corrected chi connectivity index (χ1v) is 8.33. The molecule has 0 aliphatic heterocycles. The van der Waals surface area contributed by atoms with Crippen LogP contribution in [-0.4, -0.2) is 45.9 Å². The van der Waals surface area contributed by atoms with E-state index in [2.05, 4.69) is 46.5 Å². The van der Waals surface area contributed by atoms with Crippen LogP contribution in [0.5, 0.6) is 5.88 Å². The van der Waals surface area contributed by atoms with Crippen LogP contribution in [0.4, 0.5) is 0 Å². The van der Waals surface area contributed by atoms with Gasteiger partial charge in [0, 0.05) is 6.07 Å². The summed E-state index contributed by atoms with van der Waals surface area (Å²) >= 11 is 3.42. The van der Waals surface area contributed by atoms with Crippen molar-refractivity contribution in [1.82, 2.24) is 39.8 Å². The van der Waals surface area contributed by atoms with Crippen LogP contribution in [0.1, 0.15) is 6.92 Å². The summed E-state index contributed by atoms with van der Waals surface area (Å²) in [4.78, 5) is 8.77. The molecule has 0 aliphatic rings. The first kappa shape index (κ1) is 15.6. The van der Waals surface area contributed by atoms with Crippen molar-refractivity contribution in [3.05, 3.63) is 47.5 Å². The monoisotopic (exact) mass is 400 g/mol. The lowest BCUT2D eigenvalue weighted by molar-refractivity contribution is 0.185. The number of fused-ring (bicyclic) bond motifs is 1. The molecule has 0 spiro atoms. The molecule has 0 saturated heterocycles. The number of rotatable bonds is 5. The maximum atomic E-state index is 5.86. The van der Waals surface area contributed by atoms with Crippen molar-refractivity contribution in [3.63, 3.8) is 0 Å². The van der Waals surface area contributed by atoms with Gasteiger partial charge in [-0.1, -0.05) is 6.07 Å². The van der Waals surface area contributed by atoms with Crippen LogP contribution in [0, 0.1) is 0 Å². The van der Waals surface area contributed by atoms with Crippen LogP contribution >= 0.6 is 15.9 Å². The number of aromatic nitrogens is 8. The van der Waals surface area contributed by atoms with E-state index in [9.17, 15) is 0 Å². The van der Waals surface area contributed by atoms with Gasteiger partial charge in [-0.2, -0.15) is 5.10 Å². The number of hydrogen-bond donors (Lipinski definition) is 0. The van der Waals surface area contributed by atoms with Crippen molar-refractivity contribution >= 4 is 21.6 Å². The maximum Gasteiger partial charge on any atom is 0.214 e. The molecule has 0 bridgehead atoms. The summed E-state index contributed by atoms with van der Waals surface area (Å²) in [6.07, 6.45) is 3.12. The highest BCUT2D eigenvalue weighted by Crippen LogP contribution is 2.20. The molecule has 1 atom stereocenters. The molecule has 1 unspecified atom stereocenters. The average molecular weight is 401 g/mol. The lowest BCUT2D eigenvalue weighted by atomic mass is 10.2. The second-order valence-electron chi connectivity index (χ2n) is 5.39. The number of pyridine rings is 1. The lowest BCUT2D eigenvalue weighted by Gasteiger charge is -2.13. The Balaban J connectivity index is 1.56. The zero-order valence-electron chi connectivity index (χ0n) is 13.2. The minimum Gasteiger partial charge on any atom is -0.473 e. The minimum absolute atomic E-state index is 0.135. The molecule has 126 valence electrons. The summed E-state index contributed by atoms with van der Waals surface area (Å²) < 4.78 is 9.97. The maximum absolute atomic E-state index is 5.86. The molecule has 0 saturated carbocycles. The molecule has 9 nitrogen and oxygen atoms in total. The van der Waals surface area contributed by atoms with Gasteiger partial charge in [0.1, 0.15) is 22.7 Å². The summed E-state index contributed by atoms with van der Waals surface area (Å²) in [5, 5.41) is 15.6. The summed E-state index contributed by atoms with van der Waals surface area (Å²) in [7, 11) is 0. The van der Waals surface area contributed by atoms with Crippen LogP contribution in [0.2, 0.25) is 0 Å². The van der Waals surface area contributed by atoms with E-state index in [-0.39, 0.29) is 6.10 Å². The molecule has 0 aromatic carbocycles. The summed E-state index contributed by atoms with van der Waals surface area (Å²) in [5.41, 5.74) is 2.21. The minimum atomic E-state index is -0.135. The van der Waals surface area contributed by atoms with E-state index in [1.54, 1.807) is 21.7 Å². The third kappa shape index (κ3) is 3.33. The highest BCUT2D eigenvalue weighted by atomic mass is 79.9. The second-order valence-corrected chi connectivity index (χ2v) is 6.20. The third-order valence-electron chi connectivity index (χ3n) is 3.46. The largest absolute Gasteiger partial charge is 0.473 e. The highest BCUT2D eigenvalue weighted by Gasteiger charge is 2.10. The van der Waals surface area contributed by atoms with Crippen molar-refractivity contribution in [2.75, 3.05) is 0 Å². The quantitative estimate of drug-likeness (QED) is 0.505. The normalized spacial score (nSPS) is 12.4. The van der Waals surface area contributed by atoms with Gasteiger partial charge in [0.05, 0.1) is 18.4 Å². The van der Waals surface area contributed by atoms with E-state index in [0.717, 1.165) is 21.6 Å². The zero-order valence-corrected chi connectivity index (χ0v) is 14.8. The van der Waals surface area contributed by atoms with E-state index >= 15 is 0 Å². The molecule has 0 fully saturated rings. The summed E-state index contributed by atoms with van der Waals surface area (Å²) in [5.74, 6) is 0.518. The number of imidazole rings is 1. The van der Waals surface area contributed by atoms with E-state index in [0.29, 0.717) is 12.4 Å². The van der Waals surface area contributed by atoms with Crippen molar-refractivity contribution in [2.24, 2.45) is 0 Å². The molecule has 10 heteroatoms. The molecule has 0 aliphatic carbocycles. The van der Waals surface area contributed by atoms with Crippen LogP contribution in [-0.2, 0) is 6.54 Å². The predicted octanol–water partition coefficient (Wildman–Crippen LogP) is 2.01. The van der Waals surface area contributed by atoms with Crippen LogP contribution in [0.25, 0.3) is 17.0 Å². The Bertz CT molecular complexity index is 1000. The standard InChI is InChI=1S/C15H13BrN8O/c1-10(8-23-9-18-21-22-23)25-15-4-2-3-11(19-15)12-5-6-14-17-7-13(16)24(14)20-12/h2-7,9-10H,8H2,1H3. The molecule has 4 rings (SSSR count). The van der Waals surface area contributed by atoms with E-state index in [4.69, 9.17) is 4.74 Å². The van der Waals surface area contributed by atoms with Crippen molar-refractivity contribution in [1.29, 1.82) is 0 Å². The van der Waals surface area contributed by atoms with Gasteiger partial charge >= 0.3 is 0 Å². The Labute approximate surface area is 150 Å². The molecule has 4 heterocycles. The Morgan fingerprint density at radius 2 is 2.12 bits per heavy atom. The number of halogens is 1. The van der Waals surface area contributed by atoms with Crippen LogP contribution in [0.15, 0.2) is 47.5 Å². The first-order valence-electron chi connectivity index (χ1n) is 7.54. The molecular weight excluding hydrogens is 388 g/mol.